The van der Waals surface area contributed by atoms with Crippen LogP contribution in [0.15, 0.2) is 12.2 Å². The van der Waals surface area contributed by atoms with Gasteiger partial charge >= 0.3 is 5.97 Å². The van der Waals surface area contributed by atoms with Crippen LogP contribution in [0.3, 0.4) is 0 Å². The van der Waals surface area contributed by atoms with E-state index in [-0.39, 0.29) is 12.1 Å². The fourth-order valence-electron chi connectivity index (χ4n) is 6.39. The van der Waals surface area contributed by atoms with E-state index in [0.717, 1.165) is 19.3 Å². The molecule has 0 amide bonds. The molecule has 0 saturated heterocycles. The first-order valence-electron chi connectivity index (χ1n) is 20.6. The zero-order valence-corrected chi connectivity index (χ0v) is 30.8. The molecule has 0 aliphatic rings. The lowest BCUT2D eigenvalue weighted by atomic mass is 10.0. The zero-order chi connectivity index (χ0) is 32.0. The minimum atomic E-state index is 0.0675. The molecule has 44 heavy (non-hydrogen) atoms. The Morgan fingerprint density at radius 1 is 0.409 bits per heavy atom. The number of unbranched alkanes of at least 4 members (excludes halogenated alkanes) is 28. The monoisotopic (exact) mass is 619 g/mol. The molecule has 1 atom stereocenters. The van der Waals surface area contributed by atoms with E-state index in [0.29, 0.717) is 6.42 Å². The van der Waals surface area contributed by atoms with Gasteiger partial charge in [0.15, 0.2) is 0 Å². The lowest BCUT2D eigenvalue weighted by Crippen LogP contribution is -2.18. The number of hydrogen-bond donors (Lipinski definition) is 0. The van der Waals surface area contributed by atoms with Crippen LogP contribution in [-0.4, -0.2) is 12.1 Å². The highest BCUT2D eigenvalue weighted by Crippen LogP contribution is 2.19. The lowest BCUT2D eigenvalue weighted by molar-refractivity contribution is -0.150. The number of esters is 1. The molecular weight excluding hydrogens is 536 g/mol. The molecule has 1 unspecified atom stereocenters. The van der Waals surface area contributed by atoms with Gasteiger partial charge in [-0.15, -0.1) is 0 Å². The fraction of sp³-hybridized carbons (Fsp3) is 0.929. The van der Waals surface area contributed by atoms with Crippen LogP contribution in [0.5, 0.6) is 0 Å². The van der Waals surface area contributed by atoms with Gasteiger partial charge in [0.1, 0.15) is 6.10 Å². The molecular formula is C42H82O2. The summed E-state index contributed by atoms with van der Waals surface area (Å²) in [6.45, 7) is 6.85. The van der Waals surface area contributed by atoms with Gasteiger partial charge in [-0.3, -0.25) is 4.79 Å². The number of carbonyl (C=O) groups excluding carboxylic acids is 1. The second-order valence-electron chi connectivity index (χ2n) is 14.0. The smallest absolute Gasteiger partial charge is 0.306 e. The first kappa shape index (κ1) is 43.2. The predicted molar refractivity (Wildman–Crippen MR) is 198 cm³/mol. The Labute approximate surface area is 278 Å². The summed E-state index contributed by atoms with van der Waals surface area (Å²) < 4.78 is 6.04. The minimum Gasteiger partial charge on any atom is -0.462 e. The molecule has 0 heterocycles. The highest BCUT2D eigenvalue weighted by molar-refractivity contribution is 5.69. The zero-order valence-electron chi connectivity index (χ0n) is 30.8. The maximum atomic E-state index is 12.6. The normalized spacial score (nSPS) is 12.3. The summed E-state index contributed by atoms with van der Waals surface area (Å²) in [6, 6.07) is 0. The van der Waals surface area contributed by atoms with Crippen molar-refractivity contribution in [3.8, 4) is 0 Å². The topological polar surface area (TPSA) is 26.3 Å². The van der Waals surface area contributed by atoms with Gasteiger partial charge in [-0.05, 0) is 57.8 Å². The third-order valence-corrected chi connectivity index (χ3v) is 9.45. The largest absolute Gasteiger partial charge is 0.462 e. The van der Waals surface area contributed by atoms with Gasteiger partial charge in [0.05, 0.1) is 0 Å². The summed E-state index contributed by atoms with van der Waals surface area (Å²) in [6.07, 6.45) is 50.4. The second kappa shape index (κ2) is 38.4. The highest BCUT2D eigenvalue weighted by atomic mass is 16.5. The molecule has 0 radical (unpaired) electrons. The standard InChI is InChI=1S/C42H82O2/c1-4-7-10-13-16-18-19-20-21-22-23-24-25-26-27-29-31-34-37-40-42(43)44-41(38-35-32-15-12-9-6-3)39-36-33-30-28-17-14-11-8-5-2/h20-21,41H,4-19,22-40H2,1-3H3. The summed E-state index contributed by atoms with van der Waals surface area (Å²) in [5, 5.41) is 0. The first-order chi connectivity index (χ1) is 21.7. The van der Waals surface area contributed by atoms with Gasteiger partial charge in [-0.25, -0.2) is 0 Å². The Hall–Kier alpha value is -0.790. The van der Waals surface area contributed by atoms with Crippen molar-refractivity contribution in [3.63, 3.8) is 0 Å². The van der Waals surface area contributed by atoms with Crippen LogP contribution >= 0.6 is 0 Å². The molecule has 0 rings (SSSR count). The number of carbonyl (C=O) groups is 1. The van der Waals surface area contributed by atoms with Crippen LogP contribution < -0.4 is 0 Å². The molecule has 0 aromatic heterocycles. The van der Waals surface area contributed by atoms with Crippen molar-refractivity contribution in [3.05, 3.63) is 12.2 Å². The number of hydrogen-bond acceptors (Lipinski definition) is 2. The van der Waals surface area contributed by atoms with Crippen molar-refractivity contribution in [2.24, 2.45) is 0 Å². The third-order valence-electron chi connectivity index (χ3n) is 9.45. The van der Waals surface area contributed by atoms with E-state index in [9.17, 15) is 4.79 Å². The molecule has 0 N–H and O–H groups in total. The van der Waals surface area contributed by atoms with Crippen molar-refractivity contribution >= 4 is 5.97 Å². The van der Waals surface area contributed by atoms with Gasteiger partial charge in [0, 0.05) is 6.42 Å². The molecule has 0 aliphatic heterocycles. The summed E-state index contributed by atoms with van der Waals surface area (Å²) >= 11 is 0. The van der Waals surface area contributed by atoms with Gasteiger partial charge in [-0.1, -0.05) is 193 Å². The maximum Gasteiger partial charge on any atom is 0.306 e. The Morgan fingerprint density at radius 3 is 1.07 bits per heavy atom. The summed E-state index contributed by atoms with van der Waals surface area (Å²) in [7, 11) is 0. The van der Waals surface area contributed by atoms with Crippen molar-refractivity contribution < 1.29 is 9.53 Å². The Balaban J connectivity index is 3.80. The summed E-state index contributed by atoms with van der Waals surface area (Å²) in [5.74, 6) is 0.0675. The van der Waals surface area contributed by atoms with E-state index in [1.54, 1.807) is 0 Å². The third kappa shape index (κ3) is 35.7. The second-order valence-corrected chi connectivity index (χ2v) is 14.0. The van der Waals surface area contributed by atoms with E-state index in [1.807, 2.05) is 0 Å². The van der Waals surface area contributed by atoms with Crippen molar-refractivity contribution in [1.29, 1.82) is 0 Å². The quantitative estimate of drug-likeness (QED) is 0.0393. The molecule has 0 fully saturated rings. The van der Waals surface area contributed by atoms with Crippen LogP contribution in [0.4, 0.5) is 0 Å². The molecule has 0 saturated carbocycles. The van der Waals surface area contributed by atoms with E-state index >= 15 is 0 Å². The van der Waals surface area contributed by atoms with Crippen LogP contribution in [0.1, 0.15) is 245 Å². The molecule has 0 aromatic rings. The van der Waals surface area contributed by atoms with Gasteiger partial charge in [-0.2, -0.15) is 0 Å². The lowest BCUT2D eigenvalue weighted by Gasteiger charge is -2.18. The minimum absolute atomic E-state index is 0.0675. The molecule has 0 spiro atoms. The Bertz CT molecular complexity index is 568. The Morgan fingerprint density at radius 2 is 0.705 bits per heavy atom. The van der Waals surface area contributed by atoms with Crippen LogP contribution in [0.25, 0.3) is 0 Å². The van der Waals surface area contributed by atoms with E-state index in [2.05, 4.69) is 32.9 Å². The molecule has 2 nitrogen and oxygen atoms in total. The molecule has 0 aliphatic carbocycles. The molecule has 262 valence electrons. The number of allylic oxidation sites excluding steroid dienone is 2. The van der Waals surface area contributed by atoms with Gasteiger partial charge in [0.2, 0.25) is 0 Å². The molecule has 0 aromatic carbocycles. The van der Waals surface area contributed by atoms with E-state index in [1.165, 1.54) is 199 Å². The average Bonchev–Trinajstić information content (AvgIpc) is 3.02. The predicted octanol–water partition coefficient (Wildman–Crippen LogP) is 15.2. The first-order valence-corrected chi connectivity index (χ1v) is 20.6. The van der Waals surface area contributed by atoms with E-state index in [4.69, 9.17) is 4.74 Å². The van der Waals surface area contributed by atoms with Crippen molar-refractivity contribution in [2.45, 2.75) is 252 Å². The van der Waals surface area contributed by atoms with Gasteiger partial charge in [0.25, 0.3) is 0 Å². The fourth-order valence-corrected chi connectivity index (χ4v) is 6.39. The summed E-state index contributed by atoms with van der Waals surface area (Å²) in [4.78, 5) is 12.6. The Kier molecular flexibility index (Phi) is 37.7. The maximum absolute atomic E-state index is 12.6. The molecule has 0 bridgehead atoms. The van der Waals surface area contributed by atoms with Crippen LogP contribution in [0, 0.1) is 0 Å². The van der Waals surface area contributed by atoms with Crippen molar-refractivity contribution in [2.75, 3.05) is 0 Å². The molecule has 2 heteroatoms. The SMILES string of the molecule is CCCCCCCCC=CCCCCCCCCCCCC(=O)OC(CCCCCCCC)CCCCCCCCCCC. The highest BCUT2D eigenvalue weighted by Gasteiger charge is 2.14. The average molecular weight is 619 g/mol. The van der Waals surface area contributed by atoms with Gasteiger partial charge < -0.3 is 4.74 Å². The number of rotatable bonds is 37. The van der Waals surface area contributed by atoms with Crippen LogP contribution in [0.2, 0.25) is 0 Å². The number of ether oxygens (including phenoxy) is 1. The van der Waals surface area contributed by atoms with Crippen LogP contribution in [-0.2, 0) is 9.53 Å². The van der Waals surface area contributed by atoms with E-state index < -0.39 is 0 Å². The van der Waals surface area contributed by atoms with Crippen molar-refractivity contribution in [1.82, 2.24) is 0 Å². The summed E-state index contributed by atoms with van der Waals surface area (Å²) in [5.41, 5.74) is 0.